The molecular formula is C9H8Br2O. The molecule has 0 aromatic heterocycles. The summed E-state index contributed by atoms with van der Waals surface area (Å²) in [7, 11) is 0. The van der Waals surface area contributed by atoms with Gasteiger partial charge in [0.05, 0.1) is 0 Å². The molecule has 0 amide bonds. The lowest BCUT2D eigenvalue weighted by Crippen LogP contribution is -1.74. The van der Waals surface area contributed by atoms with Gasteiger partial charge in [-0.3, -0.25) is 4.79 Å². The zero-order valence-electron chi connectivity index (χ0n) is 6.24. The van der Waals surface area contributed by atoms with Gasteiger partial charge < -0.3 is 0 Å². The fourth-order valence-electron chi connectivity index (χ4n) is 0.726. The maximum absolute atomic E-state index is 10.4. The molecule has 0 unspecified atom stereocenters. The molecule has 0 spiro atoms. The normalized spacial score (nSPS) is 9.42. The van der Waals surface area contributed by atoms with Crippen LogP contribution in [0.5, 0.6) is 0 Å². The van der Waals surface area contributed by atoms with Gasteiger partial charge in [-0.05, 0) is 27.6 Å². The molecule has 0 N–H and O–H groups in total. The summed E-state index contributed by atoms with van der Waals surface area (Å²) >= 11 is 2.81. The van der Waals surface area contributed by atoms with Crippen molar-refractivity contribution in [1.82, 2.24) is 0 Å². The number of carbonyl (C=O) groups excluding carboxylic acids is 1. The number of hydrogen-bond donors (Lipinski definition) is 0. The molecule has 0 saturated carbocycles. The molecule has 0 heterocycles. The summed E-state index contributed by atoms with van der Waals surface area (Å²) < 4.78 is -0.110. The Morgan fingerprint density at radius 1 is 1.25 bits per heavy atom. The van der Waals surface area contributed by atoms with E-state index >= 15 is 0 Å². The van der Waals surface area contributed by atoms with Gasteiger partial charge in [-0.25, -0.2) is 0 Å². The second kappa shape index (κ2) is 6.14. The molecule has 3 heteroatoms. The van der Waals surface area contributed by atoms with Crippen LogP contribution in [0.2, 0.25) is 0 Å². The van der Waals surface area contributed by atoms with Gasteiger partial charge in [-0.15, -0.1) is 17.0 Å². The fraction of sp³-hybridized carbons (Fsp3) is 0. The van der Waals surface area contributed by atoms with E-state index in [2.05, 4.69) is 15.9 Å². The van der Waals surface area contributed by atoms with E-state index in [1.54, 1.807) is 6.08 Å². The standard InChI is InChI=1S/C9H7BrO.BrH/c10-9(11)7-6-8-4-2-1-3-5-8;/h1-7H;1H/b7-6+;. The SMILES string of the molecule is Br.O=C(Br)/C=C/c1ccccc1. The molecule has 1 rings (SSSR count). The quantitative estimate of drug-likeness (QED) is 0.604. The summed E-state index contributed by atoms with van der Waals surface area (Å²) in [5, 5.41) is 0. The highest BCUT2D eigenvalue weighted by molar-refractivity contribution is 9.18. The van der Waals surface area contributed by atoms with Crippen LogP contribution in [0.4, 0.5) is 0 Å². The predicted molar refractivity (Wildman–Crippen MR) is 59.7 cm³/mol. The smallest absolute Gasteiger partial charge is 0.220 e. The second-order valence-corrected chi connectivity index (χ2v) is 2.83. The number of hydrogen-bond acceptors (Lipinski definition) is 1. The van der Waals surface area contributed by atoms with Crippen molar-refractivity contribution in [3.63, 3.8) is 0 Å². The molecule has 0 saturated heterocycles. The third kappa shape index (κ3) is 4.46. The lowest BCUT2D eigenvalue weighted by Gasteiger charge is -1.87. The molecule has 0 radical (unpaired) electrons. The van der Waals surface area contributed by atoms with Crippen molar-refractivity contribution >= 4 is 43.7 Å². The van der Waals surface area contributed by atoms with Crippen LogP contribution in [0.3, 0.4) is 0 Å². The minimum atomic E-state index is -0.110. The van der Waals surface area contributed by atoms with Crippen LogP contribution in [-0.2, 0) is 4.79 Å². The Bertz CT molecular complexity index is 267. The van der Waals surface area contributed by atoms with Crippen molar-refractivity contribution in [1.29, 1.82) is 0 Å². The molecule has 1 aromatic rings. The topological polar surface area (TPSA) is 17.1 Å². The van der Waals surface area contributed by atoms with Gasteiger partial charge in [0.25, 0.3) is 0 Å². The Morgan fingerprint density at radius 2 is 1.83 bits per heavy atom. The second-order valence-electron chi connectivity index (χ2n) is 2.05. The van der Waals surface area contributed by atoms with Gasteiger partial charge in [0.15, 0.2) is 0 Å². The predicted octanol–water partition coefficient (Wildman–Crippen LogP) is 3.20. The minimum Gasteiger partial charge on any atom is -0.282 e. The zero-order valence-corrected chi connectivity index (χ0v) is 9.53. The van der Waals surface area contributed by atoms with E-state index in [9.17, 15) is 4.79 Å². The van der Waals surface area contributed by atoms with E-state index in [0.29, 0.717) is 0 Å². The maximum atomic E-state index is 10.4. The minimum absolute atomic E-state index is 0. The summed E-state index contributed by atoms with van der Waals surface area (Å²) in [6.07, 6.45) is 3.24. The first-order valence-corrected chi connectivity index (χ1v) is 4.01. The zero-order chi connectivity index (χ0) is 8.10. The van der Waals surface area contributed by atoms with Crippen LogP contribution in [0, 0.1) is 0 Å². The third-order valence-electron chi connectivity index (χ3n) is 1.21. The summed E-state index contributed by atoms with van der Waals surface area (Å²) in [6.45, 7) is 0. The van der Waals surface area contributed by atoms with Crippen molar-refractivity contribution < 1.29 is 4.79 Å². The van der Waals surface area contributed by atoms with Crippen LogP contribution in [0.1, 0.15) is 5.56 Å². The molecule has 1 nitrogen and oxygen atoms in total. The van der Waals surface area contributed by atoms with Crippen molar-refractivity contribution in [2.24, 2.45) is 0 Å². The molecule has 0 fully saturated rings. The molecule has 0 aliphatic rings. The van der Waals surface area contributed by atoms with E-state index in [1.165, 1.54) is 6.08 Å². The van der Waals surface area contributed by atoms with E-state index in [0.717, 1.165) is 5.56 Å². The highest BCUT2D eigenvalue weighted by Crippen LogP contribution is 2.01. The molecule has 0 aliphatic carbocycles. The largest absolute Gasteiger partial charge is 0.282 e. The molecule has 1 aromatic carbocycles. The molecular weight excluding hydrogens is 284 g/mol. The fourth-order valence-corrected chi connectivity index (χ4v) is 0.858. The van der Waals surface area contributed by atoms with Gasteiger partial charge in [0, 0.05) is 0 Å². The van der Waals surface area contributed by atoms with Gasteiger partial charge in [0.1, 0.15) is 0 Å². The average molecular weight is 292 g/mol. The number of allylic oxidation sites excluding steroid dienone is 1. The van der Waals surface area contributed by atoms with Crippen LogP contribution in [0.15, 0.2) is 36.4 Å². The van der Waals surface area contributed by atoms with E-state index in [1.807, 2.05) is 30.3 Å². The summed E-state index contributed by atoms with van der Waals surface area (Å²) in [6, 6.07) is 9.67. The van der Waals surface area contributed by atoms with Gasteiger partial charge in [-0.2, -0.15) is 0 Å². The van der Waals surface area contributed by atoms with Crippen molar-refractivity contribution in [3.05, 3.63) is 42.0 Å². The number of benzene rings is 1. The molecule has 0 bridgehead atoms. The van der Waals surface area contributed by atoms with E-state index < -0.39 is 0 Å². The Labute approximate surface area is 90.4 Å². The molecule has 0 aliphatic heterocycles. The highest BCUT2D eigenvalue weighted by Gasteiger charge is 1.85. The van der Waals surface area contributed by atoms with Gasteiger partial charge in [0.2, 0.25) is 4.69 Å². The Kier molecular flexibility index (Phi) is 5.93. The van der Waals surface area contributed by atoms with Crippen LogP contribution in [0.25, 0.3) is 6.08 Å². The maximum Gasteiger partial charge on any atom is 0.220 e. The summed E-state index contributed by atoms with van der Waals surface area (Å²) in [4.78, 5) is 10.4. The van der Waals surface area contributed by atoms with Gasteiger partial charge in [-0.1, -0.05) is 36.4 Å². The van der Waals surface area contributed by atoms with Crippen molar-refractivity contribution in [2.45, 2.75) is 0 Å². The average Bonchev–Trinajstić information content (AvgIpc) is 2.03. The number of halogens is 2. The first kappa shape index (κ1) is 11.6. The Hall–Kier alpha value is -0.410. The lowest BCUT2D eigenvalue weighted by atomic mass is 10.2. The lowest BCUT2D eigenvalue weighted by molar-refractivity contribution is -0.106. The molecule has 12 heavy (non-hydrogen) atoms. The molecule has 64 valence electrons. The number of rotatable bonds is 2. The van der Waals surface area contributed by atoms with Crippen LogP contribution < -0.4 is 0 Å². The molecule has 0 atom stereocenters. The van der Waals surface area contributed by atoms with Crippen molar-refractivity contribution in [3.8, 4) is 0 Å². The first-order valence-electron chi connectivity index (χ1n) is 3.21. The summed E-state index contributed by atoms with van der Waals surface area (Å²) in [5.41, 5.74) is 1.03. The third-order valence-corrected chi connectivity index (χ3v) is 1.47. The number of carbonyl (C=O) groups is 1. The van der Waals surface area contributed by atoms with Crippen LogP contribution >= 0.6 is 32.9 Å². The monoisotopic (exact) mass is 290 g/mol. The first-order chi connectivity index (χ1) is 5.29. The Balaban J connectivity index is 0.00000121. The van der Waals surface area contributed by atoms with E-state index in [-0.39, 0.29) is 21.7 Å². The Morgan fingerprint density at radius 3 is 2.33 bits per heavy atom. The van der Waals surface area contributed by atoms with Crippen LogP contribution in [-0.4, -0.2) is 4.69 Å². The van der Waals surface area contributed by atoms with Crippen molar-refractivity contribution in [2.75, 3.05) is 0 Å². The summed E-state index contributed by atoms with van der Waals surface area (Å²) in [5.74, 6) is 0. The van der Waals surface area contributed by atoms with E-state index in [4.69, 9.17) is 0 Å². The highest BCUT2D eigenvalue weighted by atomic mass is 79.9. The van der Waals surface area contributed by atoms with Gasteiger partial charge >= 0.3 is 0 Å².